The van der Waals surface area contributed by atoms with Crippen molar-refractivity contribution in [2.24, 2.45) is 44.8 Å². The number of phenols is 1. The van der Waals surface area contributed by atoms with Gasteiger partial charge in [0.25, 0.3) is 0 Å². The zero-order valence-electron chi connectivity index (χ0n) is 53.5. The third-order valence-electron chi connectivity index (χ3n) is 15.1. The number of hydrogen-bond donors (Lipinski definition) is 12. The van der Waals surface area contributed by atoms with Crippen LogP contribution >= 0.6 is 0 Å². The van der Waals surface area contributed by atoms with Crippen LogP contribution in [0, 0.1) is 25.7 Å². The van der Waals surface area contributed by atoms with Crippen LogP contribution in [-0.4, -0.2) is 172 Å². The minimum atomic E-state index is -1.30. The summed E-state index contributed by atoms with van der Waals surface area (Å²) in [4.78, 5) is 106. The van der Waals surface area contributed by atoms with Gasteiger partial charge >= 0.3 is 12.0 Å². The second-order valence-electron chi connectivity index (χ2n) is 23.1. The van der Waals surface area contributed by atoms with Crippen LogP contribution < -0.4 is 64.3 Å². The van der Waals surface area contributed by atoms with Gasteiger partial charge in [-0.15, -0.1) is 0 Å². The molecule has 26 nitrogen and oxygen atoms in total. The van der Waals surface area contributed by atoms with Gasteiger partial charge in [0.15, 0.2) is 29.9 Å². The number of likely N-dealkylation sites (tertiary alicyclic amines) is 1. The molecule has 494 valence electrons. The number of phenolic OH excluding ortho intramolecular Hbond substituents is 1. The third kappa shape index (κ3) is 26.2. The Morgan fingerprint density at radius 1 is 0.767 bits per heavy atom. The molecule has 26 heteroatoms. The van der Waals surface area contributed by atoms with E-state index >= 15 is 0 Å². The van der Waals surface area contributed by atoms with E-state index in [0.29, 0.717) is 44.8 Å². The lowest BCUT2D eigenvalue weighted by Gasteiger charge is -2.31. The molecule has 2 aromatic carbocycles. The molecule has 90 heavy (non-hydrogen) atoms. The number of amides is 7. The lowest BCUT2D eigenvalue weighted by atomic mass is 9.96. The maximum atomic E-state index is 14.4. The predicted molar refractivity (Wildman–Crippen MR) is 348 cm³/mol. The smallest absolute Gasteiger partial charge is 0.326 e. The number of allylic oxidation sites excluding steroid dienone is 2. The Bertz CT molecular complexity index is 2910. The van der Waals surface area contributed by atoms with E-state index in [1.54, 1.807) is 19.1 Å². The molecule has 0 unspecified atom stereocenters. The van der Waals surface area contributed by atoms with Crippen molar-refractivity contribution in [1.29, 1.82) is 0 Å². The van der Waals surface area contributed by atoms with Crippen molar-refractivity contribution < 1.29 is 57.8 Å². The summed E-state index contributed by atoms with van der Waals surface area (Å²) in [5.74, 6) is -5.39. The highest BCUT2D eigenvalue weighted by Crippen LogP contribution is 2.22. The molecule has 1 aromatic heterocycles. The number of aromatic hydroxyl groups is 1. The number of carboxylic acid groups (broad SMARTS) is 1. The number of aliphatic carboxylic acids is 1. The van der Waals surface area contributed by atoms with Gasteiger partial charge in [0.05, 0.1) is 25.9 Å². The van der Waals surface area contributed by atoms with Crippen molar-refractivity contribution in [3.8, 4) is 5.75 Å². The number of nitrogens with two attached hydrogens (primary N) is 4. The Morgan fingerprint density at radius 2 is 1.39 bits per heavy atom. The van der Waals surface area contributed by atoms with Gasteiger partial charge < -0.3 is 79.0 Å². The maximum absolute atomic E-state index is 14.4. The largest absolute Gasteiger partial charge is 0.508 e. The van der Waals surface area contributed by atoms with Crippen LogP contribution in [-0.2, 0) is 51.2 Å². The number of urea groups is 1. The molecule has 0 spiro atoms. The van der Waals surface area contributed by atoms with E-state index in [0.717, 1.165) is 28.2 Å². The van der Waals surface area contributed by atoms with Crippen molar-refractivity contribution in [1.82, 2.24) is 36.8 Å². The fourth-order valence-electron chi connectivity index (χ4n) is 9.98. The van der Waals surface area contributed by atoms with E-state index in [1.165, 1.54) is 17.0 Å². The molecule has 3 aromatic rings. The standard InChI is InChI=1S/C64H97N15O11/c1-9-42(4)55(59(84)74-53(61(86)87)37-41(2)3)75-57(82)52(40-46-22-26-49(80)27-23-46)73-58(83)54-19-14-31-79(54)60(85)51(18-13-28-69-62(66)67)72-56(81)50(65)17-12-29-70-63(68)76-64(88)71-30-33-89-35-36-90-34-32-78-43(5)38-47(39-44(78)6)16-11-10-15-45-20-24-48(25-21-45)77(7)8/h10-11,15-16,20-27,38-39,41-42,50-55H,9,12-14,17-19,28-37,40,65H2,1-8H3,(H13-,66,67,68,69,70,71,72,73,74,75,76,80,81,82,83,84,86,87,88)/p+1/t42-,50-,51-,52-,53-,54-,55-/m0/s1. The van der Waals surface area contributed by atoms with Gasteiger partial charge in [-0.25, -0.2) is 9.59 Å². The average molecular weight is 1250 g/mol. The molecular weight excluding hydrogens is 1150 g/mol. The van der Waals surface area contributed by atoms with Crippen LogP contribution in [0.3, 0.4) is 0 Å². The molecule has 1 fully saturated rings. The number of carboxylic acids is 1. The average Bonchev–Trinajstić information content (AvgIpc) is 2.47. The fraction of sp³-hybridized carbons (Fsp3) is 0.531. The van der Waals surface area contributed by atoms with E-state index in [4.69, 9.17) is 32.4 Å². The molecule has 0 bridgehead atoms. The van der Waals surface area contributed by atoms with Crippen LogP contribution in [0.25, 0.3) is 12.2 Å². The lowest BCUT2D eigenvalue weighted by molar-refractivity contribution is -0.710. The van der Waals surface area contributed by atoms with Gasteiger partial charge in [-0.1, -0.05) is 82.7 Å². The van der Waals surface area contributed by atoms with E-state index in [9.17, 15) is 43.8 Å². The number of nitrogens with one attached hydrogen (secondary N) is 6. The van der Waals surface area contributed by atoms with Gasteiger partial charge in [-0.3, -0.25) is 39.3 Å². The molecule has 7 atom stereocenters. The van der Waals surface area contributed by atoms with E-state index in [-0.39, 0.29) is 101 Å². The van der Waals surface area contributed by atoms with Crippen LogP contribution in [0.1, 0.15) is 107 Å². The Kier molecular flexibility index (Phi) is 31.8. The van der Waals surface area contributed by atoms with E-state index in [2.05, 4.69) is 114 Å². The molecule has 7 amide bonds. The summed E-state index contributed by atoms with van der Waals surface area (Å²) in [5.41, 5.74) is 29.6. The molecule has 4 rings (SSSR count). The second-order valence-corrected chi connectivity index (χ2v) is 23.1. The number of rotatable bonds is 37. The first-order valence-electron chi connectivity index (χ1n) is 30.8. The maximum Gasteiger partial charge on any atom is 0.326 e. The molecule has 2 heterocycles. The third-order valence-corrected chi connectivity index (χ3v) is 15.1. The predicted octanol–water partition coefficient (Wildman–Crippen LogP) is 2.25. The zero-order valence-corrected chi connectivity index (χ0v) is 53.5. The molecule has 1 saturated heterocycles. The highest BCUT2D eigenvalue weighted by Gasteiger charge is 2.40. The zero-order chi connectivity index (χ0) is 66.3. The molecule has 1 aliphatic rings. The van der Waals surface area contributed by atoms with Crippen LogP contribution in [0.5, 0.6) is 5.75 Å². The molecule has 0 saturated carbocycles. The number of ether oxygens (including phenoxy) is 2. The topological polar surface area (TPSA) is 390 Å². The van der Waals surface area contributed by atoms with Crippen molar-refractivity contribution in [2.75, 3.05) is 71.6 Å². The number of guanidine groups is 2. The first kappa shape index (κ1) is 73.8. The first-order chi connectivity index (χ1) is 42.9. The number of carbonyl (C=O) groups excluding carboxylic acids is 6. The monoisotopic (exact) mass is 1250 g/mol. The van der Waals surface area contributed by atoms with Gasteiger partial charge in [0, 0.05) is 78.4 Å². The summed E-state index contributed by atoms with van der Waals surface area (Å²) in [5, 5.41) is 35.8. The van der Waals surface area contributed by atoms with Gasteiger partial charge in [0.1, 0.15) is 42.6 Å². The quantitative estimate of drug-likeness (QED) is 0.0129. The SMILES string of the molecule is CC[C@H](C)[C@H](NC(=O)[C@H](Cc1ccc(O)cc1)NC(=O)[C@@H]1CCCN1C(=O)[C@H](CCCN=C(N)N)NC(=O)[C@@H](N)CCCN=C(N)NC(=O)NCCOCCOCC[n+]1c(C)cc(C=CC=Cc2ccc(N(C)C)cc2)cc1C)C(=O)N[C@@H](CC(C)C)C(=O)O. The fourth-order valence-corrected chi connectivity index (χ4v) is 9.98. The van der Waals surface area contributed by atoms with E-state index < -0.39 is 83.7 Å². The summed E-state index contributed by atoms with van der Waals surface area (Å²) in [6.45, 7) is 14.1. The number of anilines is 1. The summed E-state index contributed by atoms with van der Waals surface area (Å²) >= 11 is 0. The molecule has 1 aliphatic heterocycles. The van der Waals surface area contributed by atoms with Crippen LogP contribution in [0.2, 0.25) is 0 Å². The first-order valence-corrected chi connectivity index (χ1v) is 30.8. The molecular formula is C64H98N15O11+. The Labute approximate surface area is 529 Å². The Balaban J connectivity index is 1.23. The Hall–Kier alpha value is -8.62. The number of aliphatic imine (C=N–C) groups is 2. The summed E-state index contributed by atoms with van der Waals surface area (Å²) in [7, 11) is 4.04. The number of hydrogen-bond acceptors (Lipinski definition) is 14. The van der Waals surface area contributed by atoms with Crippen LogP contribution in [0.4, 0.5) is 10.5 Å². The van der Waals surface area contributed by atoms with Gasteiger partial charge in [-0.2, -0.15) is 4.57 Å². The highest BCUT2D eigenvalue weighted by atomic mass is 16.5. The minimum Gasteiger partial charge on any atom is -0.508 e. The summed E-state index contributed by atoms with van der Waals surface area (Å²) in [6, 6.07) is 11.1. The number of pyridine rings is 1. The lowest BCUT2D eigenvalue weighted by Crippen LogP contribution is -2.60. The van der Waals surface area contributed by atoms with Crippen molar-refractivity contribution in [2.45, 2.75) is 142 Å². The van der Waals surface area contributed by atoms with Crippen molar-refractivity contribution in [3.05, 3.63) is 101 Å². The summed E-state index contributed by atoms with van der Waals surface area (Å²) in [6.07, 6.45) is 10.1. The van der Waals surface area contributed by atoms with Crippen LogP contribution in [0.15, 0.2) is 82.8 Å². The number of nitrogens with zero attached hydrogens (tertiary/aromatic N) is 5. The van der Waals surface area contributed by atoms with E-state index in [1.807, 2.05) is 47.0 Å². The number of aryl methyl sites for hydroxylation is 2. The normalized spacial score (nSPS) is 15.3. The number of benzene rings is 2. The molecule has 16 N–H and O–H groups in total. The van der Waals surface area contributed by atoms with Gasteiger partial charge in [-0.05, 0) is 97.7 Å². The van der Waals surface area contributed by atoms with Gasteiger partial charge in [0.2, 0.25) is 29.5 Å². The second kappa shape index (κ2) is 38.7. The minimum absolute atomic E-state index is 0.0260. The number of aromatic nitrogens is 1. The Morgan fingerprint density at radius 3 is 2.01 bits per heavy atom. The van der Waals surface area contributed by atoms with Crippen molar-refractivity contribution in [3.63, 3.8) is 0 Å². The number of carbonyl (C=O) groups is 7. The van der Waals surface area contributed by atoms with Crippen molar-refractivity contribution >= 4 is 71.3 Å². The molecule has 0 aliphatic carbocycles. The highest BCUT2D eigenvalue weighted by molar-refractivity contribution is 5.97. The summed E-state index contributed by atoms with van der Waals surface area (Å²) < 4.78 is 13.6. The molecule has 0 radical (unpaired) electrons.